The van der Waals surface area contributed by atoms with Crippen molar-refractivity contribution in [3.05, 3.63) is 34.1 Å². The van der Waals surface area contributed by atoms with Crippen LogP contribution in [0.25, 0.3) is 0 Å². The summed E-state index contributed by atoms with van der Waals surface area (Å²) in [6.45, 7) is 1.04. The van der Waals surface area contributed by atoms with E-state index in [1.807, 2.05) is 0 Å². The molecular formula is C13H15FN2O4. The highest BCUT2D eigenvalue weighted by molar-refractivity contribution is 5.72. The van der Waals surface area contributed by atoms with Gasteiger partial charge in [0.15, 0.2) is 5.82 Å². The molecule has 1 aliphatic heterocycles. The number of piperidine rings is 1. The number of carbonyl (C=O) groups excluding carboxylic acids is 1. The second-order valence-electron chi connectivity index (χ2n) is 4.68. The van der Waals surface area contributed by atoms with Gasteiger partial charge in [0.2, 0.25) is 0 Å². The van der Waals surface area contributed by atoms with E-state index in [-0.39, 0.29) is 17.6 Å². The Morgan fingerprint density at radius 3 is 2.60 bits per heavy atom. The van der Waals surface area contributed by atoms with Crippen LogP contribution in [0.4, 0.5) is 15.8 Å². The van der Waals surface area contributed by atoms with Gasteiger partial charge in [0.25, 0.3) is 5.69 Å². The number of halogens is 1. The predicted molar refractivity (Wildman–Crippen MR) is 70.0 cm³/mol. The van der Waals surface area contributed by atoms with Crippen LogP contribution in [0.2, 0.25) is 0 Å². The number of nitro benzene ring substituents is 1. The van der Waals surface area contributed by atoms with Gasteiger partial charge in [-0.05, 0) is 18.9 Å². The molecule has 0 atom stereocenters. The molecule has 7 heteroatoms. The second-order valence-corrected chi connectivity index (χ2v) is 4.68. The number of hydrogen-bond acceptors (Lipinski definition) is 5. The maximum Gasteiger partial charge on any atom is 0.308 e. The molecule has 6 nitrogen and oxygen atoms in total. The van der Waals surface area contributed by atoms with E-state index in [4.69, 9.17) is 0 Å². The Balaban J connectivity index is 2.07. The standard InChI is InChI=1S/C13H15FN2O4/c1-20-13(17)9-4-6-15(7-5-9)12-3-2-10(16(18)19)8-11(12)14/h2-3,8-9H,4-7H2,1H3. The quantitative estimate of drug-likeness (QED) is 0.482. The molecule has 20 heavy (non-hydrogen) atoms. The third-order valence-electron chi connectivity index (χ3n) is 3.51. The smallest absolute Gasteiger partial charge is 0.308 e. The molecule has 0 aliphatic carbocycles. The zero-order valence-corrected chi connectivity index (χ0v) is 11.0. The van der Waals surface area contributed by atoms with Crippen LogP contribution in [0.3, 0.4) is 0 Å². The van der Waals surface area contributed by atoms with Crippen LogP contribution in [0.1, 0.15) is 12.8 Å². The van der Waals surface area contributed by atoms with E-state index >= 15 is 0 Å². The van der Waals surface area contributed by atoms with Gasteiger partial charge in [0, 0.05) is 19.2 Å². The van der Waals surface area contributed by atoms with Crippen LogP contribution in [0.5, 0.6) is 0 Å². The Bertz CT molecular complexity index is 527. The van der Waals surface area contributed by atoms with Gasteiger partial charge in [-0.15, -0.1) is 0 Å². The van der Waals surface area contributed by atoms with Crippen molar-refractivity contribution >= 4 is 17.3 Å². The largest absolute Gasteiger partial charge is 0.469 e. The molecule has 0 spiro atoms. The Labute approximate surface area is 115 Å². The highest BCUT2D eigenvalue weighted by Crippen LogP contribution is 2.28. The fraction of sp³-hybridized carbons (Fsp3) is 0.462. The summed E-state index contributed by atoms with van der Waals surface area (Å²) >= 11 is 0. The summed E-state index contributed by atoms with van der Waals surface area (Å²) in [4.78, 5) is 23.1. The average Bonchev–Trinajstić information content (AvgIpc) is 2.46. The van der Waals surface area contributed by atoms with Crippen molar-refractivity contribution in [1.82, 2.24) is 0 Å². The highest BCUT2D eigenvalue weighted by Gasteiger charge is 2.27. The molecule has 0 radical (unpaired) electrons. The normalized spacial score (nSPS) is 16.0. The number of non-ortho nitro benzene ring substituents is 1. The lowest BCUT2D eigenvalue weighted by Gasteiger charge is -2.32. The van der Waals surface area contributed by atoms with Gasteiger partial charge >= 0.3 is 5.97 Å². The van der Waals surface area contributed by atoms with Gasteiger partial charge in [-0.1, -0.05) is 0 Å². The molecular weight excluding hydrogens is 267 g/mol. The number of anilines is 1. The fourth-order valence-corrected chi connectivity index (χ4v) is 2.39. The number of benzene rings is 1. The summed E-state index contributed by atoms with van der Waals surface area (Å²) in [6, 6.07) is 3.61. The number of rotatable bonds is 3. The third-order valence-corrected chi connectivity index (χ3v) is 3.51. The van der Waals surface area contributed by atoms with Crippen molar-refractivity contribution in [1.29, 1.82) is 0 Å². The monoisotopic (exact) mass is 282 g/mol. The minimum Gasteiger partial charge on any atom is -0.469 e. The number of nitro groups is 1. The van der Waals surface area contributed by atoms with E-state index in [9.17, 15) is 19.3 Å². The summed E-state index contributed by atoms with van der Waals surface area (Å²) in [7, 11) is 1.35. The van der Waals surface area contributed by atoms with Crippen LogP contribution in [0.15, 0.2) is 18.2 Å². The Kier molecular flexibility index (Phi) is 4.16. The summed E-state index contributed by atoms with van der Waals surface area (Å²) in [6.07, 6.45) is 1.17. The number of nitrogens with zero attached hydrogens (tertiary/aromatic N) is 2. The maximum absolute atomic E-state index is 13.9. The highest BCUT2D eigenvalue weighted by atomic mass is 19.1. The molecule has 2 rings (SSSR count). The predicted octanol–water partition coefficient (Wildman–Crippen LogP) is 2.12. The van der Waals surface area contributed by atoms with Gasteiger partial charge in [0.05, 0.1) is 29.7 Å². The first-order chi connectivity index (χ1) is 9.52. The van der Waals surface area contributed by atoms with Crippen LogP contribution in [0, 0.1) is 21.8 Å². The molecule has 1 aromatic carbocycles. The second kappa shape index (κ2) is 5.85. The first-order valence-corrected chi connectivity index (χ1v) is 6.29. The summed E-state index contributed by atoms with van der Waals surface area (Å²) in [5.41, 5.74) is 0.0645. The van der Waals surface area contributed by atoms with E-state index in [2.05, 4.69) is 4.74 Å². The van der Waals surface area contributed by atoms with Crippen LogP contribution in [-0.2, 0) is 9.53 Å². The van der Waals surface area contributed by atoms with E-state index in [1.54, 1.807) is 4.90 Å². The molecule has 1 heterocycles. The van der Waals surface area contributed by atoms with Gasteiger partial charge in [-0.3, -0.25) is 14.9 Å². The zero-order chi connectivity index (χ0) is 14.7. The number of esters is 1. The summed E-state index contributed by atoms with van der Waals surface area (Å²) in [5, 5.41) is 10.6. The number of methoxy groups -OCH3 is 1. The molecule has 0 aromatic heterocycles. The third kappa shape index (κ3) is 2.87. The lowest BCUT2D eigenvalue weighted by Crippen LogP contribution is -2.37. The fourth-order valence-electron chi connectivity index (χ4n) is 2.39. The van der Waals surface area contributed by atoms with E-state index in [1.165, 1.54) is 19.2 Å². The molecule has 0 saturated carbocycles. The van der Waals surface area contributed by atoms with Gasteiger partial charge in [0.1, 0.15) is 0 Å². The van der Waals surface area contributed by atoms with Gasteiger partial charge in [-0.25, -0.2) is 4.39 Å². The molecule has 1 aromatic rings. The molecule has 0 N–H and O–H groups in total. The molecule has 0 amide bonds. The van der Waals surface area contributed by atoms with Crippen molar-refractivity contribution < 1.29 is 18.8 Å². The van der Waals surface area contributed by atoms with Gasteiger partial charge < -0.3 is 9.64 Å². The Morgan fingerprint density at radius 2 is 2.10 bits per heavy atom. The van der Waals surface area contributed by atoms with E-state index in [0.29, 0.717) is 31.6 Å². The van der Waals surface area contributed by atoms with Crippen molar-refractivity contribution in [2.75, 3.05) is 25.1 Å². The summed E-state index contributed by atoms with van der Waals surface area (Å²) < 4.78 is 18.6. The molecule has 1 aliphatic rings. The summed E-state index contributed by atoms with van der Waals surface area (Å²) in [5.74, 6) is -1.01. The maximum atomic E-state index is 13.9. The number of hydrogen-bond donors (Lipinski definition) is 0. The van der Waals surface area contributed by atoms with E-state index < -0.39 is 10.7 Å². The molecule has 0 bridgehead atoms. The first kappa shape index (κ1) is 14.2. The Morgan fingerprint density at radius 1 is 1.45 bits per heavy atom. The van der Waals surface area contributed by atoms with Crippen molar-refractivity contribution in [2.45, 2.75) is 12.8 Å². The molecule has 1 saturated heterocycles. The SMILES string of the molecule is COC(=O)C1CCN(c2ccc([N+](=O)[O-])cc2F)CC1. The Hall–Kier alpha value is -2.18. The van der Waals surface area contributed by atoms with Crippen LogP contribution < -0.4 is 4.90 Å². The van der Waals surface area contributed by atoms with E-state index in [0.717, 1.165) is 6.07 Å². The van der Waals surface area contributed by atoms with Crippen LogP contribution in [-0.4, -0.2) is 31.1 Å². The lowest BCUT2D eigenvalue weighted by molar-refractivity contribution is -0.385. The number of ether oxygens (including phenoxy) is 1. The number of carbonyl (C=O) groups is 1. The van der Waals surface area contributed by atoms with Crippen molar-refractivity contribution in [2.24, 2.45) is 5.92 Å². The van der Waals surface area contributed by atoms with Gasteiger partial charge in [-0.2, -0.15) is 0 Å². The average molecular weight is 282 g/mol. The zero-order valence-electron chi connectivity index (χ0n) is 11.0. The molecule has 0 unspecified atom stereocenters. The minimum atomic E-state index is -0.629. The minimum absolute atomic E-state index is 0.155. The van der Waals surface area contributed by atoms with Crippen molar-refractivity contribution in [3.8, 4) is 0 Å². The van der Waals surface area contributed by atoms with Crippen molar-refractivity contribution in [3.63, 3.8) is 0 Å². The lowest BCUT2D eigenvalue weighted by atomic mass is 9.96. The van der Waals surface area contributed by atoms with Crippen LogP contribution >= 0.6 is 0 Å². The molecule has 1 fully saturated rings. The topological polar surface area (TPSA) is 72.7 Å². The molecule has 108 valence electrons. The first-order valence-electron chi connectivity index (χ1n) is 6.29.